The minimum absolute atomic E-state index is 0.0195. The number of benzene rings is 3. The van der Waals surface area contributed by atoms with Gasteiger partial charge in [-0.05, 0) is 129 Å². The number of nitro benzene ring substituents is 1. The molecule has 1 spiro atoms. The molecule has 390 valence electrons. The van der Waals surface area contributed by atoms with E-state index in [0.29, 0.717) is 42.1 Å². The predicted molar refractivity (Wildman–Crippen MR) is 280 cm³/mol. The number of nitro groups is 1. The molecule has 3 aliphatic heterocycles. The zero-order chi connectivity index (χ0) is 51.4. The molecular formula is C56H70FN7O8S. The standard InChI is InChI=1S/C56H70FN7O8S/c1-34(2)39-10-7-8-11-40(39)41-12-9-13-47(41)63-32-56(33-63)22-24-62(25-23-56)37-15-16-42(49(26-37)72-50-29-43-44(57)30-58-53(43)60-45(50)17-14-35(3)70-6)54(65)61-73(68,69)38-27-48(64(66)67)52-51(28-38)71-31-46(59-52)36-18-20-55(4,5)21-19-36/h7-8,10-11,15-16,26-30,34-36,41,46-47,59H,9,12-14,17-25,31-33H2,1-6H3,(H,58,60)(H,61,65)/t35-,41+,46-,47+/m1/s1. The van der Waals surface area contributed by atoms with Crippen LogP contribution in [0.2, 0.25) is 0 Å². The van der Waals surface area contributed by atoms with Crippen LogP contribution < -0.4 is 24.4 Å². The van der Waals surface area contributed by atoms with Gasteiger partial charge in [-0.25, -0.2) is 22.5 Å². The summed E-state index contributed by atoms with van der Waals surface area (Å²) in [4.78, 5) is 38.4. The number of carbonyl (C=O) groups excluding carboxylic acids is 1. The second-order valence-corrected chi connectivity index (χ2v) is 24.4. The summed E-state index contributed by atoms with van der Waals surface area (Å²) in [6.45, 7) is 14.9. The van der Waals surface area contributed by atoms with E-state index in [9.17, 15) is 23.3 Å². The lowest BCUT2D eigenvalue weighted by Crippen LogP contribution is -2.63. The zero-order valence-electron chi connectivity index (χ0n) is 43.0. The van der Waals surface area contributed by atoms with Gasteiger partial charge < -0.3 is 29.4 Å². The number of hydrogen-bond acceptors (Lipinski definition) is 12. The van der Waals surface area contributed by atoms with E-state index in [2.05, 4.69) is 76.8 Å². The van der Waals surface area contributed by atoms with Crippen LogP contribution in [0.15, 0.2) is 71.8 Å². The van der Waals surface area contributed by atoms with E-state index >= 15 is 4.39 Å². The van der Waals surface area contributed by atoms with Gasteiger partial charge in [-0.1, -0.05) is 58.4 Å². The van der Waals surface area contributed by atoms with Crippen molar-refractivity contribution in [3.05, 3.63) is 105 Å². The minimum atomic E-state index is -4.73. The molecule has 0 bridgehead atoms. The maximum atomic E-state index is 15.1. The number of halogens is 1. The van der Waals surface area contributed by atoms with Gasteiger partial charge in [0.1, 0.15) is 29.6 Å². The number of fused-ring (bicyclic) bond motifs is 2. The molecule has 2 saturated heterocycles. The number of ether oxygens (including phenoxy) is 3. The highest BCUT2D eigenvalue weighted by molar-refractivity contribution is 7.90. The first-order chi connectivity index (χ1) is 34.9. The third-order valence-electron chi connectivity index (χ3n) is 17.0. The SMILES string of the molecule is CO[C@H](C)CCc1nc2[nH]cc(F)c2cc1Oc1cc(N2CCC3(CC2)CN([C@H]2CCC[C@H]2c2ccccc2C(C)C)C3)ccc1C(=O)NS(=O)(=O)c1cc2c(c([N+](=O)[O-])c1)N[C@@H](C1CCC(C)(C)CC1)CO2. The molecule has 17 heteroatoms. The highest BCUT2D eigenvalue weighted by Crippen LogP contribution is 2.50. The van der Waals surface area contributed by atoms with Gasteiger partial charge >= 0.3 is 0 Å². The molecule has 2 saturated carbocycles. The first kappa shape index (κ1) is 50.7. The molecule has 5 aromatic rings. The molecule has 3 aromatic carbocycles. The van der Waals surface area contributed by atoms with Crippen LogP contribution >= 0.6 is 0 Å². The number of H-pyrrole nitrogens is 1. The molecule has 5 heterocycles. The largest absolute Gasteiger partial charge is 0.489 e. The molecule has 0 radical (unpaired) electrons. The van der Waals surface area contributed by atoms with Crippen LogP contribution in [0.5, 0.6) is 17.2 Å². The number of aryl methyl sites for hydroxylation is 1. The van der Waals surface area contributed by atoms with Gasteiger partial charge in [0.25, 0.3) is 21.6 Å². The molecular weight excluding hydrogens is 950 g/mol. The maximum absolute atomic E-state index is 15.1. The fourth-order valence-corrected chi connectivity index (χ4v) is 13.4. The summed E-state index contributed by atoms with van der Waals surface area (Å²) in [6.07, 6.45) is 11.6. The number of aromatic nitrogens is 2. The summed E-state index contributed by atoms with van der Waals surface area (Å²) in [6, 6.07) is 18.1. The van der Waals surface area contributed by atoms with Gasteiger partial charge in [0.05, 0.1) is 38.6 Å². The van der Waals surface area contributed by atoms with E-state index < -0.39 is 37.3 Å². The van der Waals surface area contributed by atoms with E-state index in [1.807, 2.05) is 6.92 Å². The normalized spacial score (nSPS) is 22.4. The van der Waals surface area contributed by atoms with Crippen molar-refractivity contribution < 1.29 is 36.7 Å². The van der Waals surface area contributed by atoms with Gasteiger partial charge in [0.2, 0.25) is 0 Å². The van der Waals surface area contributed by atoms with Crippen LogP contribution in [0.1, 0.15) is 138 Å². The summed E-state index contributed by atoms with van der Waals surface area (Å²) in [5.74, 6) is -0.0383. The number of pyridine rings is 1. The number of amides is 1. The van der Waals surface area contributed by atoms with Gasteiger partial charge in [-0.2, -0.15) is 0 Å². The predicted octanol–water partition coefficient (Wildman–Crippen LogP) is 11.2. The minimum Gasteiger partial charge on any atom is -0.489 e. The number of sulfonamides is 1. The Hall–Kier alpha value is -5.78. The monoisotopic (exact) mass is 1020 g/mol. The van der Waals surface area contributed by atoms with Gasteiger partial charge in [-0.15, -0.1) is 0 Å². The van der Waals surface area contributed by atoms with E-state index in [1.54, 1.807) is 19.2 Å². The number of nitrogens with zero attached hydrogens (tertiary/aromatic N) is 4. The summed E-state index contributed by atoms with van der Waals surface area (Å²) < 4.78 is 63.9. The average molecular weight is 1020 g/mol. The Morgan fingerprint density at radius 2 is 1.75 bits per heavy atom. The van der Waals surface area contributed by atoms with Crippen molar-refractivity contribution in [2.45, 2.75) is 140 Å². The summed E-state index contributed by atoms with van der Waals surface area (Å²) in [5.41, 5.74) is 4.54. The van der Waals surface area contributed by atoms with Crippen molar-refractivity contribution in [3.8, 4) is 17.2 Å². The first-order valence-corrected chi connectivity index (χ1v) is 27.8. The Bertz CT molecular complexity index is 2990. The molecule has 0 unspecified atom stereocenters. The molecule has 10 rings (SSSR count). The second-order valence-electron chi connectivity index (χ2n) is 22.7. The Morgan fingerprint density at radius 1 is 1.00 bits per heavy atom. The number of piperidine rings is 1. The van der Waals surface area contributed by atoms with Crippen LogP contribution in [0.3, 0.4) is 0 Å². The van der Waals surface area contributed by atoms with Crippen LogP contribution in [-0.2, 0) is 21.2 Å². The molecule has 73 heavy (non-hydrogen) atoms. The molecule has 15 nitrogen and oxygen atoms in total. The van der Waals surface area contributed by atoms with E-state index in [1.165, 1.54) is 54.8 Å². The van der Waals surface area contributed by atoms with Crippen molar-refractivity contribution in [1.29, 1.82) is 0 Å². The average Bonchev–Trinajstić information content (AvgIpc) is 4.00. The lowest BCUT2D eigenvalue weighted by atomic mass is 9.70. The summed E-state index contributed by atoms with van der Waals surface area (Å²) >= 11 is 0. The Labute approximate surface area is 428 Å². The van der Waals surface area contributed by atoms with E-state index in [4.69, 9.17) is 19.2 Å². The molecule has 2 aliphatic carbocycles. The number of aromatic amines is 1. The third kappa shape index (κ3) is 10.4. The second kappa shape index (κ2) is 20.2. The van der Waals surface area contributed by atoms with Crippen molar-refractivity contribution >= 4 is 44.0 Å². The maximum Gasteiger partial charge on any atom is 0.297 e. The molecule has 2 aromatic heterocycles. The zero-order valence-corrected chi connectivity index (χ0v) is 43.8. The number of likely N-dealkylation sites (tertiary alicyclic amines) is 1. The number of carbonyl (C=O) groups is 1. The fraction of sp³-hybridized carbons (Fsp3) is 0.536. The highest BCUT2D eigenvalue weighted by Gasteiger charge is 2.49. The van der Waals surface area contributed by atoms with Gasteiger partial charge in [0, 0.05) is 69.4 Å². The van der Waals surface area contributed by atoms with Gasteiger partial charge in [-0.3, -0.25) is 19.8 Å². The fourth-order valence-electron chi connectivity index (χ4n) is 12.4. The van der Waals surface area contributed by atoms with Crippen LogP contribution in [0.4, 0.5) is 21.5 Å². The number of anilines is 2. The van der Waals surface area contributed by atoms with Gasteiger partial charge in [0.15, 0.2) is 11.4 Å². The smallest absolute Gasteiger partial charge is 0.297 e. The Morgan fingerprint density at radius 3 is 2.48 bits per heavy atom. The van der Waals surface area contributed by atoms with Crippen LogP contribution in [-0.4, -0.2) is 92.2 Å². The quantitative estimate of drug-likeness (QED) is 0.0668. The Kier molecular flexibility index (Phi) is 14.0. The summed E-state index contributed by atoms with van der Waals surface area (Å²) in [5, 5.41) is 16.0. The molecule has 3 N–H and O–H groups in total. The molecule has 1 amide bonds. The van der Waals surface area contributed by atoms with Crippen molar-refractivity contribution in [1.82, 2.24) is 19.6 Å². The summed E-state index contributed by atoms with van der Waals surface area (Å²) in [7, 11) is -3.11. The van der Waals surface area contributed by atoms with Crippen molar-refractivity contribution in [3.63, 3.8) is 0 Å². The number of methoxy groups -OCH3 is 1. The molecule has 4 fully saturated rings. The number of rotatable bonds is 15. The molecule has 4 atom stereocenters. The van der Waals surface area contributed by atoms with Crippen molar-refractivity contribution in [2.24, 2.45) is 16.7 Å². The molecule has 5 aliphatic rings. The van der Waals surface area contributed by atoms with Crippen LogP contribution in [0, 0.1) is 32.7 Å². The third-order valence-corrected chi connectivity index (χ3v) is 18.3. The van der Waals surface area contributed by atoms with Crippen molar-refractivity contribution in [2.75, 3.05) is 50.1 Å². The van der Waals surface area contributed by atoms with E-state index in [-0.39, 0.29) is 69.4 Å². The topological polar surface area (TPSA) is 181 Å². The Balaban J connectivity index is 0.904. The van der Waals surface area contributed by atoms with E-state index in [0.717, 1.165) is 76.5 Å². The van der Waals surface area contributed by atoms with Crippen LogP contribution in [0.25, 0.3) is 11.0 Å². The lowest BCUT2D eigenvalue weighted by molar-refractivity contribution is -0.384. The number of nitrogens with one attached hydrogen (secondary N) is 3. The first-order valence-electron chi connectivity index (χ1n) is 26.3. The lowest BCUT2D eigenvalue weighted by Gasteiger charge is -2.57. The highest BCUT2D eigenvalue weighted by atomic mass is 32.2. The number of hydrogen-bond donors (Lipinski definition) is 3.